The minimum Gasteiger partial charge on any atom is -0.438 e. The first kappa shape index (κ1) is 28.4. The van der Waals surface area contributed by atoms with Gasteiger partial charge in [-0.05, 0) is 49.2 Å². The molecule has 6 aromatic rings. The molecule has 2 amide bonds. The number of fused-ring (bicyclic) bond motifs is 1. The third-order valence-electron chi connectivity index (χ3n) is 6.89. The van der Waals surface area contributed by atoms with Crippen LogP contribution in [0.5, 0.6) is 11.6 Å². The lowest BCUT2D eigenvalue weighted by Crippen LogP contribution is -2.21. The first-order chi connectivity index (χ1) is 21.6. The summed E-state index contributed by atoms with van der Waals surface area (Å²) in [6.45, 7) is 2.14. The largest absolute Gasteiger partial charge is 0.438 e. The molecule has 0 saturated heterocycles. The van der Waals surface area contributed by atoms with Gasteiger partial charge in [0.25, 0.3) is 0 Å². The number of ether oxygens (including phenoxy) is 1. The molecule has 10 heteroatoms. The summed E-state index contributed by atoms with van der Waals surface area (Å²) in [7, 11) is 0. The number of para-hydroxylation sites is 2. The van der Waals surface area contributed by atoms with Crippen molar-refractivity contribution in [3.05, 3.63) is 121 Å². The fourth-order valence-corrected chi connectivity index (χ4v) is 4.76. The number of hydrogen-bond donors (Lipinski definition) is 3. The second-order valence-corrected chi connectivity index (χ2v) is 10.0. The fourth-order valence-electron chi connectivity index (χ4n) is 4.76. The monoisotopic (exact) mass is 587 g/mol. The highest BCUT2D eigenvalue weighted by atomic mass is 19.1. The van der Waals surface area contributed by atoms with E-state index in [2.05, 4.69) is 32.8 Å². The minimum absolute atomic E-state index is 0.194. The molecule has 0 bridgehead atoms. The number of nitrogens with one attached hydrogen (secondary N) is 3. The molecule has 0 unspecified atom stereocenters. The number of carbonyl (C=O) groups excluding carboxylic acids is 1. The van der Waals surface area contributed by atoms with Gasteiger partial charge in [-0.1, -0.05) is 67.9 Å². The van der Waals surface area contributed by atoms with Crippen LogP contribution < -0.4 is 20.7 Å². The normalized spacial score (nSPS) is 10.9. The van der Waals surface area contributed by atoms with Crippen LogP contribution in [-0.2, 0) is 6.42 Å². The van der Waals surface area contributed by atoms with Crippen LogP contribution in [0.1, 0.15) is 25.5 Å². The van der Waals surface area contributed by atoms with Gasteiger partial charge in [-0.2, -0.15) is 10.1 Å². The van der Waals surface area contributed by atoms with Gasteiger partial charge in [-0.3, -0.25) is 5.32 Å². The van der Waals surface area contributed by atoms with Gasteiger partial charge in [0.2, 0.25) is 11.8 Å². The topological polar surface area (TPSA) is 106 Å². The maximum Gasteiger partial charge on any atom is 0.324 e. The first-order valence-electron chi connectivity index (χ1n) is 14.3. The Kier molecular flexibility index (Phi) is 8.40. The van der Waals surface area contributed by atoms with Gasteiger partial charge in [0, 0.05) is 29.1 Å². The predicted molar refractivity (Wildman–Crippen MR) is 171 cm³/mol. The predicted octanol–water partition coefficient (Wildman–Crippen LogP) is 8.48. The Morgan fingerprint density at radius 1 is 0.864 bits per heavy atom. The van der Waals surface area contributed by atoms with E-state index in [1.807, 2.05) is 60.7 Å². The molecule has 2 heterocycles. The van der Waals surface area contributed by atoms with Crippen LogP contribution >= 0.6 is 0 Å². The average Bonchev–Trinajstić information content (AvgIpc) is 3.45. The Morgan fingerprint density at radius 2 is 1.64 bits per heavy atom. The Bertz CT molecular complexity index is 1910. The van der Waals surface area contributed by atoms with Crippen molar-refractivity contribution in [2.75, 3.05) is 16.0 Å². The van der Waals surface area contributed by atoms with Crippen LogP contribution in [0.25, 0.3) is 16.5 Å². The lowest BCUT2D eigenvalue weighted by Gasteiger charge is -2.14. The van der Waals surface area contributed by atoms with E-state index in [4.69, 9.17) is 9.84 Å². The highest BCUT2D eigenvalue weighted by molar-refractivity contribution is 6.07. The Morgan fingerprint density at radius 3 is 2.45 bits per heavy atom. The summed E-state index contributed by atoms with van der Waals surface area (Å²) >= 11 is 0. The maximum atomic E-state index is 14.1. The first-order valence-corrected chi connectivity index (χ1v) is 14.3. The third kappa shape index (κ3) is 6.49. The molecule has 0 saturated carbocycles. The van der Waals surface area contributed by atoms with Crippen molar-refractivity contribution in [1.82, 2.24) is 19.7 Å². The van der Waals surface area contributed by atoms with Crippen LogP contribution in [0.15, 0.2) is 109 Å². The molecule has 6 rings (SSSR count). The van der Waals surface area contributed by atoms with Crippen LogP contribution in [0.2, 0.25) is 0 Å². The highest BCUT2D eigenvalue weighted by Gasteiger charge is 2.15. The highest BCUT2D eigenvalue weighted by Crippen LogP contribution is 2.34. The van der Waals surface area contributed by atoms with E-state index in [1.54, 1.807) is 41.1 Å². The number of anilines is 4. The van der Waals surface area contributed by atoms with Gasteiger partial charge in [-0.15, -0.1) is 0 Å². The Hall–Kier alpha value is -5.77. The summed E-state index contributed by atoms with van der Waals surface area (Å²) in [5.74, 6) is 1.16. The van der Waals surface area contributed by atoms with Gasteiger partial charge in [0.1, 0.15) is 17.4 Å². The van der Waals surface area contributed by atoms with Crippen molar-refractivity contribution >= 4 is 39.9 Å². The summed E-state index contributed by atoms with van der Waals surface area (Å²) in [6.07, 6.45) is 4.42. The van der Waals surface area contributed by atoms with Crippen molar-refractivity contribution in [2.24, 2.45) is 0 Å². The van der Waals surface area contributed by atoms with Gasteiger partial charge >= 0.3 is 6.03 Å². The zero-order valence-electron chi connectivity index (χ0n) is 24.0. The average molecular weight is 588 g/mol. The summed E-state index contributed by atoms with van der Waals surface area (Å²) in [4.78, 5) is 21.8. The number of unbranched alkanes of at least 4 members (excludes halogenated alkanes) is 1. The number of hydrogen-bond acceptors (Lipinski definition) is 6. The molecular weight excluding hydrogens is 557 g/mol. The summed E-state index contributed by atoms with van der Waals surface area (Å²) in [6, 6.07) is 30.2. The number of rotatable bonds is 10. The van der Waals surface area contributed by atoms with E-state index in [9.17, 15) is 9.18 Å². The quantitative estimate of drug-likeness (QED) is 0.148. The molecule has 0 fully saturated rings. The van der Waals surface area contributed by atoms with Crippen molar-refractivity contribution in [2.45, 2.75) is 26.2 Å². The number of carbonyl (C=O) groups is 1. The standard InChI is InChI=1S/C34H30FN7O2/c1-2-3-11-23-22-31(42(41-23)24-12-5-4-6-13-24)39-34(43)38-28-18-19-30(26-15-8-7-14-25(26)28)44-32-20-21-36-33(40-32)37-29-17-10-9-16-27(29)35/h4-10,12-22H,2-3,11H2,1H3,(H,36,37,40)(H2,38,39,43). The van der Waals surface area contributed by atoms with Crippen LogP contribution in [0.3, 0.4) is 0 Å². The van der Waals surface area contributed by atoms with Gasteiger partial charge in [-0.25, -0.2) is 18.9 Å². The number of benzene rings is 4. The van der Waals surface area contributed by atoms with E-state index < -0.39 is 11.8 Å². The molecule has 0 atom stereocenters. The van der Waals surface area contributed by atoms with E-state index >= 15 is 0 Å². The Labute approximate surface area is 253 Å². The fraction of sp³-hybridized carbons (Fsp3) is 0.118. The lowest BCUT2D eigenvalue weighted by atomic mass is 10.1. The van der Waals surface area contributed by atoms with Crippen molar-refractivity contribution in [3.8, 4) is 17.3 Å². The molecule has 44 heavy (non-hydrogen) atoms. The molecular formula is C34H30FN7O2. The van der Waals surface area contributed by atoms with E-state index in [1.165, 1.54) is 12.3 Å². The SMILES string of the molecule is CCCCc1cc(NC(=O)Nc2ccc(Oc3ccnc(Nc4ccccc4F)n3)c3ccccc23)n(-c2ccccc2)n1. The molecule has 0 aliphatic rings. The molecule has 0 aliphatic carbocycles. The molecule has 4 aromatic carbocycles. The number of nitrogens with zero attached hydrogens (tertiary/aromatic N) is 4. The summed E-state index contributed by atoms with van der Waals surface area (Å²) in [5.41, 5.74) is 2.63. The van der Waals surface area contributed by atoms with E-state index in [-0.39, 0.29) is 17.5 Å². The van der Waals surface area contributed by atoms with Crippen molar-refractivity contribution in [1.29, 1.82) is 0 Å². The smallest absolute Gasteiger partial charge is 0.324 e. The van der Waals surface area contributed by atoms with Crippen molar-refractivity contribution in [3.63, 3.8) is 0 Å². The molecule has 0 aliphatic heterocycles. The van der Waals surface area contributed by atoms with E-state index in [0.29, 0.717) is 17.3 Å². The maximum absolute atomic E-state index is 14.1. The molecule has 3 N–H and O–H groups in total. The number of urea groups is 1. The number of aromatic nitrogens is 4. The second-order valence-electron chi connectivity index (χ2n) is 10.0. The van der Waals surface area contributed by atoms with Crippen molar-refractivity contribution < 1.29 is 13.9 Å². The molecule has 220 valence electrons. The number of halogens is 1. The van der Waals surface area contributed by atoms with Gasteiger partial charge < -0.3 is 15.4 Å². The molecule has 9 nitrogen and oxygen atoms in total. The zero-order chi connectivity index (χ0) is 30.3. The molecule has 2 aromatic heterocycles. The van der Waals surface area contributed by atoms with E-state index in [0.717, 1.165) is 41.4 Å². The molecule has 0 spiro atoms. The van der Waals surface area contributed by atoms with Gasteiger partial charge in [0.15, 0.2) is 0 Å². The molecule has 0 radical (unpaired) electrons. The van der Waals surface area contributed by atoms with Gasteiger partial charge in [0.05, 0.1) is 22.8 Å². The summed E-state index contributed by atoms with van der Waals surface area (Å²) < 4.78 is 22.0. The zero-order valence-corrected chi connectivity index (χ0v) is 24.0. The number of amides is 2. The lowest BCUT2D eigenvalue weighted by molar-refractivity contribution is 0.262. The Balaban J connectivity index is 1.22. The van der Waals surface area contributed by atoms with Crippen LogP contribution in [-0.4, -0.2) is 25.8 Å². The van der Waals surface area contributed by atoms with Crippen LogP contribution in [0.4, 0.5) is 32.3 Å². The number of aryl methyl sites for hydroxylation is 1. The second kappa shape index (κ2) is 13.0. The van der Waals surface area contributed by atoms with Crippen LogP contribution in [0, 0.1) is 5.82 Å². The minimum atomic E-state index is -0.415. The third-order valence-corrected chi connectivity index (χ3v) is 6.89. The summed E-state index contributed by atoms with van der Waals surface area (Å²) in [5, 5.41) is 15.1.